The Labute approximate surface area is 181 Å². The lowest BCUT2D eigenvalue weighted by molar-refractivity contribution is 0.0669. The molecule has 162 valence electrons. The highest BCUT2D eigenvalue weighted by molar-refractivity contribution is 5.89. The maximum atomic E-state index is 11.4. The van der Waals surface area contributed by atoms with Gasteiger partial charge in [-0.15, -0.1) is 61.2 Å². The molecule has 17 nitrogen and oxygen atoms in total. The monoisotopic (exact) mass is 448 g/mol. The van der Waals surface area contributed by atoms with Gasteiger partial charge in [0.05, 0.1) is 0 Å². The third kappa shape index (κ3) is 4.40. The Morgan fingerprint density at radius 3 is 1.03 bits per heavy atom. The average Bonchev–Trinajstić information content (AvgIpc) is 2.84. The Bertz CT molecular complexity index is 1190. The normalized spacial score (nSPS) is 10.6. The van der Waals surface area contributed by atoms with E-state index in [0.717, 1.165) is 0 Å². The highest BCUT2D eigenvalue weighted by Crippen LogP contribution is 2.27. The van der Waals surface area contributed by atoms with Crippen LogP contribution in [0.1, 0.15) is 38.8 Å². The molecular formula is C16H8N12O5. The van der Waals surface area contributed by atoms with Crippen molar-refractivity contribution in [2.24, 2.45) is 0 Å². The number of nitrogens with zero attached hydrogens (tertiary/aromatic N) is 12. The van der Waals surface area contributed by atoms with Crippen LogP contribution in [0.15, 0.2) is 18.2 Å². The first kappa shape index (κ1) is 20.9. The zero-order chi connectivity index (χ0) is 23.5. The second kappa shape index (κ2) is 8.41. The molecule has 0 aliphatic rings. The van der Waals surface area contributed by atoms with Crippen LogP contribution < -0.4 is 0 Å². The first-order chi connectivity index (χ1) is 15.8. The van der Waals surface area contributed by atoms with E-state index in [0.29, 0.717) is 5.56 Å². The van der Waals surface area contributed by atoms with Crippen molar-refractivity contribution in [1.29, 1.82) is 0 Å². The molecule has 0 bridgehead atoms. The fourth-order valence-electron chi connectivity index (χ4n) is 2.36. The number of hydrogen-bond donors (Lipinski definition) is 2. The Hall–Kier alpha value is -5.35. The average molecular weight is 448 g/mol. The van der Waals surface area contributed by atoms with E-state index in [4.69, 9.17) is 10.2 Å². The highest BCUT2D eigenvalue weighted by Gasteiger charge is 2.17. The largest absolute Gasteiger partial charge is 0.475 e. The van der Waals surface area contributed by atoms with E-state index in [1.165, 1.54) is 25.1 Å². The second-order valence-electron chi connectivity index (χ2n) is 6.11. The minimum Gasteiger partial charge on any atom is -0.475 e. The first-order valence-electron chi connectivity index (χ1n) is 8.67. The van der Waals surface area contributed by atoms with Gasteiger partial charge in [-0.1, -0.05) is 0 Å². The Balaban J connectivity index is 1.84. The molecule has 33 heavy (non-hydrogen) atoms. The molecule has 0 atom stereocenters. The third-order valence-electron chi connectivity index (χ3n) is 3.84. The van der Waals surface area contributed by atoms with E-state index in [9.17, 15) is 14.4 Å². The van der Waals surface area contributed by atoms with Gasteiger partial charge in [0.25, 0.3) is 11.6 Å². The number of Topliss-reactive ketones (excluding diaryl/α,β-unsaturated/α-hetero) is 1. The van der Waals surface area contributed by atoms with E-state index >= 15 is 0 Å². The van der Waals surface area contributed by atoms with Gasteiger partial charge in [-0.2, -0.15) is 0 Å². The smallest absolute Gasteiger partial charge is 0.377 e. The topological polar surface area (TPSA) is 246 Å². The molecule has 0 spiro atoms. The van der Waals surface area contributed by atoms with Gasteiger partial charge < -0.3 is 10.2 Å². The Morgan fingerprint density at radius 1 is 0.515 bits per heavy atom. The van der Waals surface area contributed by atoms with E-state index in [-0.39, 0.29) is 34.4 Å². The number of rotatable bonds is 6. The molecule has 1 aromatic carbocycles. The van der Waals surface area contributed by atoms with Crippen LogP contribution in [0.25, 0.3) is 34.2 Å². The van der Waals surface area contributed by atoms with Gasteiger partial charge in [0, 0.05) is 23.6 Å². The van der Waals surface area contributed by atoms with Gasteiger partial charge in [-0.25, -0.2) is 9.59 Å². The van der Waals surface area contributed by atoms with Gasteiger partial charge in [0.2, 0.25) is 29.1 Å². The number of hydrogen-bond acceptors (Lipinski definition) is 15. The lowest BCUT2D eigenvalue weighted by atomic mass is 10.0. The van der Waals surface area contributed by atoms with Gasteiger partial charge >= 0.3 is 11.9 Å². The van der Waals surface area contributed by atoms with Crippen LogP contribution >= 0.6 is 0 Å². The van der Waals surface area contributed by atoms with Crippen LogP contribution in [-0.4, -0.2) is 89.1 Å². The summed E-state index contributed by atoms with van der Waals surface area (Å²) < 4.78 is 0. The van der Waals surface area contributed by atoms with Gasteiger partial charge in [0.15, 0.2) is 0 Å². The van der Waals surface area contributed by atoms with Crippen LogP contribution in [0.4, 0.5) is 0 Å². The number of carbonyl (C=O) groups is 3. The summed E-state index contributed by atoms with van der Waals surface area (Å²) in [5.41, 5.74) is 0.837. The lowest BCUT2D eigenvalue weighted by Gasteiger charge is -2.06. The first-order valence-corrected chi connectivity index (χ1v) is 8.67. The predicted octanol–water partition coefficient (Wildman–Crippen LogP) is -0.973. The fraction of sp³-hybridized carbons (Fsp3) is 0.0625. The lowest BCUT2D eigenvalue weighted by Crippen LogP contribution is -2.10. The van der Waals surface area contributed by atoms with Crippen LogP contribution in [0, 0.1) is 0 Å². The Morgan fingerprint density at radius 2 is 0.788 bits per heavy atom. The summed E-state index contributed by atoms with van der Waals surface area (Å²) in [6, 6.07) is 4.48. The second-order valence-corrected chi connectivity index (χ2v) is 6.11. The summed E-state index contributed by atoms with van der Waals surface area (Å²) in [7, 11) is 0. The van der Waals surface area contributed by atoms with Gasteiger partial charge in [0.1, 0.15) is 0 Å². The summed E-state index contributed by atoms with van der Waals surface area (Å²) in [5.74, 6) is -4.75. The molecule has 0 unspecified atom stereocenters. The number of aromatic carboxylic acids is 2. The SMILES string of the molecule is CC(=O)c1nnc(-c2cc(-c3nnc(C(=O)O)nn3)cc(-c3nnc(C(=O)O)nn3)c2)nn1. The predicted molar refractivity (Wildman–Crippen MR) is 100 cm³/mol. The molecule has 0 amide bonds. The number of carbonyl (C=O) groups excluding carboxylic acids is 1. The van der Waals surface area contributed by atoms with Gasteiger partial charge in [-0.05, 0) is 18.2 Å². The molecule has 0 saturated heterocycles. The number of aromatic nitrogens is 12. The number of benzene rings is 1. The quantitative estimate of drug-likeness (QED) is 0.336. The van der Waals surface area contributed by atoms with E-state index in [2.05, 4.69) is 61.2 Å². The van der Waals surface area contributed by atoms with Crippen molar-refractivity contribution in [1.82, 2.24) is 61.2 Å². The maximum Gasteiger partial charge on any atom is 0.377 e. The van der Waals surface area contributed by atoms with Gasteiger partial charge in [-0.3, -0.25) is 4.79 Å². The molecule has 4 aromatic rings. The van der Waals surface area contributed by atoms with Crippen molar-refractivity contribution in [3.05, 3.63) is 35.7 Å². The molecule has 17 heteroatoms. The molecule has 0 aliphatic carbocycles. The van der Waals surface area contributed by atoms with Crippen molar-refractivity contribution < 1.29 is 24.6 Å². The molecule has 0 saturated carbocycles. The molecule has 0 fully saturated rings. The number of ketones is 1. The molecule has 0 aliphatic heterocycles. The number of carboxylic acid groups (broad SMARTS) is 2. The molecular weight excluding hydrogens is 440 g/mol. The summed E-state index contributed by atoms with van der Waals surface area (Å²) in [4.78, 5) is 33.3. The molecule has 0 radical (unpaired) electrons. The molecule has 4 rings (SSSR count). The van der Waals surface area contributed by atoms with Crippen LogP contribution in [0.2, 0.25) is 0 Å². The van der Waals surface area contributed by atoms with Crippen molar-refractivity contribution >= 4 is 17.7 Å². The molecule has 3 heterocycles. The van der Waals surface area contributed by atoms with Crippen LogP contribution in [0.5, 0.6) is 0 Å². The minimum atomic E-state index is -1.41. The standard InChI is InChI=1S/C16H8N12O5/c1-5(29)9-17-19-10(20-18-9)6-2-7(11-21-25-13(15(30)31)26-22-11)4-8(3-6)12-23-27-14(16(32)33)28-24-12/h2-4H,1H3,(H,30,31)(H,32,33). The van der Waals surface area contributed by atoms with E-state index < -0.39 is 29.4 Å². The van der Waals surface area contributed by atoms with Crippen molar-refractivity contribution in [2.75, 3.05) is 0 Å². The zero-order valence-corrected chi connectivity index (χ0v) is 16.2. The summed E-state index contributed by atoms with van der Waals surface area (Å²) in [5, 5.41) is 61.9. The Kier molecular flexibility index (Phi) is 5.33. The summed E-state index contributed by atoms with van der Waals surface area (Å²) in [6.45, 7) is 1.26. The highest BCUT2D eigenvalue weighted by atomic mass is 16.4. The minimum absolute atomic E-state index is 0.00856. The summed E-state index contributed by atoms with van der Waals surface area (Å²) in [6.07, 6.45) is 0. The fourth-order valence-corrected chi connectivity index (χ4v) is 2.36. The van der Waals surface area contributed by atoms with Crippen molar-refractivity contribution in [2.45, 2.75) is 6.92 Å². The van der Waals surface area contributed by atoms with E-state index in [1.54, 1.807) is 0 Å². The van der Waals surface area contributed by atoms with E-state index in [1.807, 2.05) is 0 Å². The van der Waals surface area contributed by atoms with Crippen LogP contribution in [-0.2, 0) is 0 Å². The van der Waals surface area contributed by atoms with Crippen molar-refractivity contribution in [3.8, 4) is 34.2 Å². The molecule has 3 aromatic heterocycles. The third-order valence-corrected chi connectivity index (χ3v) is 3.84. The summed E-state index contributed by atoms with van der Waals surface area (Å²) >= 11 is 0. The molecule has 2 N–H and O–H groups in total. The zero-order valence-electron chi connectivity index (χ0n) is 16.2. The maximum absolute atomic E-state index is 11.4. The van der Waals surface area contributed by atoms with Crippen molar-refractivity contribution in [3.63, 3.8) is 0 Å². The van der Waals surface area contributed by atoms with Crippen LogP contribution in [0.3, 0.4) is 0 Å². The number of carboxylic acids is 2.